The zero-order valence-electron chi connectivity index (χ0n) is 17.1. The molecule has 0 bridgehead atoms. The molecule has 0 spiro atoms. The van der Waals surface area contributed by atoms with Crippen LogP contribution in [0.3, 0.4) is 0 Å². The first kappa shape index (κ1) is 20.3. The summed E-state index contributed by atoms with van der Waals surface area (Å²) < 4.78 is 12.5. The van der Waals surface area contributed by atoms with Gasteiger partial charge in [0.05, 0.1) is 30.2 Å². The zero-order valence-corrected chi connectivity index (χ0v) is 17.8. The summed E-state index contributed by atoms with van der Waals surface area (Å²) in [6.07, 6.45) is 9.91. The Balaban J connectivity index is 1.59. The number of pyridine rings is 1. The van der Waals surface area contributed by atoms with Gasteiger partial charge in [0.25, 0.3) is 0 Å². The molecule has 1 saturated heterocycles. The first-order valence-electron chi connectivity index (χ1n) is 10.7. The van der Waals surface area contributed by atoms with Gasteiger partial charge in [0.2, 0.25) is 11.2 Å². The van der Waals surface area contributed by atoms with E-state index in [-0.39, 0.29) is 0 Å². The monoisotopic (exact) mass is 416 g/mol. The van der Waals surface area contributed by atoms with Crippen molar-refractivity contribution >= 4 is 28.1 Å². The Kier molecular flexibility index (Phi) is 6.46. The Morgan fingerprint density at radius 3 is 2.66 bits per heavy atom. The number of rotatable bonds is 7. The van der Waals surface area contributed by atoms with Gasteiger partial charge in [-0.3, -0.25) is 0 Å². The lowest BCUT2D eigenvalue weighted by atomic mass is 9.96. The molecule has 0 amide bonds. The summed E-state index contributed by atoms with van der Waals surface area (Å²) >= 11 is 6.55. The third-order valence-corrected chi connectivity index (χ3v) is 6.25. The summed E-state index contributed by atoms with van der Waals surface area (Å²) in [5.41, 5.74) is 2.25. The van der Waals surface area contributed by atoms with Crippen molar-refractivity contribution in [2.45, 2.75) is 44.9 Å². The Morgan fingerprint density at radius 1 is 1.10 bits per heavy atom. The summed E-state index contributed by atoms with van der Waals surface area (Å²) in [6, 6.07) is 5.36. The standard InChI is InChI=1S/C23H29ClN2O3/c1-28-22-14-18-19(24)15-20(17-8-3-2-4-9-17)26(27)21(18)16-23(22)29-13-7-12-25-10-5-6-11-25/h8,14-16H,2-7,9-13H2,1H3. The molecule has 0 unspecified atom stereocenters. The fraction of sp³-hybridized carbons (Fsp3) is 0.522. The fourth-order valence-corrected chi connectivity index (χ4v) is 4.59. The second kappa shape index (κ2) is 9.23. The van der Waals surface area contributed by atoms with E-state index in [1.165, 1.54) is 32.4 Å². The van der Waals surface area contributed by atoms with Crippen LogP contribution in [-0.4, -0.2) is 38.3 Å². The van der Waals surface area contributed by atoms with Crippen molar-refractivity contribution < 1.29 is 14.2 Å². The van der Waals surface area contributed by atoms with Crippen LogP contribution < -0.4 is 14.2 Å². The molecule has 1 aliphatic heterocycles. The first-order valence-corrected chi connectivity index (χ1v) is 11.0. The smallest absolute Gasteiger partial charge is 0.229 e. The molecule has 2 aromatic rings. The lowest BCUT2D eigenvalue weighted by molar-refractivity contribution is -0.579. The highest BCUT2D eigenvalue weighted by Crippen LogP contribution is 2.36. The molecule has 1 aromatic heterocycles. The van der Waals surface area contributed by atoms with Crippen molar-refractivity contribution in [3.63, 3.8) is 0 Å². The summed E-state index contributed by atoms with van der Waals surface area (Å²) in [5, 5.41) is 14.4. The molecule has 0 atom stereocenters. The summed E-state index contributed by atoms with van der Waals surface area (Å²) in [6.45, 7) is 4.01. The van der Waals surface area contributed by atoms with E-state index in [0.29, 0.717) is 39.7 Å². The van der Waals surface area contributed by atoms with Gasteiger partial charge in [-0.2, -0.15) is 4.73 Å². The van der Waals surface area contributed by atoms with Crippen LogP contribution >= 0.6 is 11.6 Å². The Morgan fingerprint density at radius 2 is 1.93 bits per heavy atom. The molecular weight excluding hydrogens is 388 g/mol. The van der Waals surface area contributed by atoms with Crippen molar-refractivity contribution in [1.82, 2.24) is 4.90 Å². The van der Waals surface area contributed by atoms with Crippen LogP contribution in [0.1, 0.15) is 50.6 Å². The van der Waals surface area contributed by atoms with Crippen molar-refractivity contribution in [2.24, 2.45) is 0 Å². The predicted octanol–water partition coefficient (Wildman–Crippen LogP) is 4.96. The van der Waals surface area contributed by atoms with E-state index in [2.05, 4.69) is 11.0 Å². The van der Waals surface area contributed by atoms with Gasteiger partial charge in [-0.15, -0.1) is 0 Å². The van der Waals surface area contributed by atoms with Gasteiger partial charge < -0.3 is 19.6 Å². The number of allylic oxidation sites excluding steroid dienone is 2. The summed E-state index contributed by atoms with van der Waals surface area (Å²) in [5.74, 6) is 1.20. The van der Waals surface area contributed by atoms with Crippen LogP contribution in [0, 0.1) is 5.21 Å². The molecule has 2 heterocycles. The molecule has 0 N–H and O–H groups in total. The van der Waals surface area contributed by atoms with Crippen LogP contribution in [0.2, 0.25) is 5.02 Å². The number of halogens is 1. The highest BCUT2D eigenvalue weighted by atomic mass is 35.5. The number of hydrogen-bond donors (Lipinski definition) is 0. The predicted molar refractivity (Wildman–Crippen MR) is 117 cm³/mol. The van der Waals surface area contributed by atoms with Gasteiger partial charge in [-0.05, 0) is 64.1 Å². The molecule has 29 heavy (non-hydrogen) atoms. The van der Waals surface area contributed by atoms with Gasteiger partial charge in [0.15, 0.2) is 11.5 Å². The number of ether oxygens (including phenoxy) is 2. The molecule has 4 rings (SSSR count). The van der Waals surface area contributed by atoms with Crippen LogP contribution in [0.4, 0.5) is 0 Å². The minimum atomic E-state index is 0.523. The normalized spacial score (nSPS) is 17.5. The van der Waals surface area contributed by atoms with Gasteiger partial charge in [0.1, 0.15) is 0 Å². The van der Waals surface area contributed by atoms with E-state index in [1.54, 1.807) is 25.3 Å². The fourth-order valence-electron chi connectivity index (χ4n) is 4.34. The number of fused-ring (bicyclic) bond motifs is 1. The third kappa shape index (κ3) is 4.46. The number of benzene rings is 1. The molecule has 5 nitrogen and oxygen atoms in total. The lowest BCUT2D eigenvalue weighted by Gasteiger charge is -2.17. The average Bonchev–Trinajstić information content (AvgIpc) is 3.27. The van der Waals surface area contributed by atoms with Crippen LogP contribution in [0.25, 0.3) is 16.5 Å². The first-order chi connectivity index (χ1) is 14.2. The van der Waals surface area contributed by atoms with Crippen LogP contribution in [0.15, 0.2) is 24.3 Å². The third-order valence-electron chi connectivity index (χ3n) is 5.94. The molecule has 1 aliphatic carbocycles. The Hall–Kier alpha value is -1.98. The number of nitrogens with zero attached hydrogens (tertiary/aromatic N) is 2. The van der Waals surface area contributed by atoms with Crippen molar-refractivity contribution in [3.8, 4) is 11.5 Å². The van der Waals surface area contributed by atoms with Crippen molar-refractivity contribution in [1.29, 1.82) is 0 Å². The lowest BCUT2D eigenvalue weighted by Crippen LogP contribution is -2.32. The molecule has 156 valence electrons. The summed E-state index contributed by atoms with van der Waals surface area (Å²) in [4.78, 5) is 2.47. The van der Waals surface area contributed by atoms with Crippen molar-refractivity contribution in [2.75, 3.05) is 33.4 Å². The average molecular weight is 417 g/mol. The molecule has 2 aliphatic rings. The minimum Gasteiger partial charge on any atom is -0.618 e. The molecule has 1 aromatic carbocycles. The largest absolute Gasteiger partial charge is 0.618 e. The Labute approximate surface area is 177 Å². The van der Waals surface area contributed by atoms with E-state index in [9.17, 15) is 5.21 Å². The van der Waals surface area contributed by atoms with E-state index in [1.807, 2.05) is 0 Å². The van der Waals surface area contributed by atoms with Gasteiger partial charge in [-0.25, -0.2) is 0 Å². The second-order valence-corrected chi connectivity index (χ2v) is 8.33. The summed E-state index contributed by atoms with van der Waals surface area (Å²) in [7, 11) is 1.61. The number of hydrogen-bond acceptors (Lipinski definition) is 4. The highest BCUT2D eigenvalue weighted by Gasteiger charge is 2.22. The molecular formula is C23H29ClN2O3. The SMILES string of the molecule is COc1cc2c(Cl)cc(C3=CCCCC3)[n+]([O-])c2cc1OCCCN1CCCC1. The van der Waals surface area contributed by atoms with Gasteiger partial charge >= 0.3 is 0 Å². The van der Waals surface area contributed by atoms with Gasteiger partial charge in [0, 0.05) is 18.2 Å². The van der Waals surface area contributed by atoms with E-state index in [4.69, 9.17) is 21.1 Å². The second-order valence-electron chi connectivity index (χ2n) is 7.92. The molecule has 6 heteroatoms. The van der Waals surface area contributed by atoms with Crippen LogP contribution in [0.5, 0.6) is 11.5 Å². The number of likely N-dealkylation sites (tertiary alicyclic amines) is 1. The number of aromatic nitrogens is 1. The molecule has 0 radical (unpaired) electrons. The van der Waals surface area contributed by atoms with Crippen LogP contribution in [-0.2, 0) is 0 Å². The Bertz CT molecular complexity index is 907. The topological polar surface area (TPSA) is 48.6 Å². The van der Waals surface area contributed by atoms with E-state index < -0.39 is 0 Å². The maximum Gasteiger partial charge on any atom is 0.229 e. The van der Waals surface area contributed by atoms with Gasteiger partial charge in [-0.1, -0.05) is 17.7 Å². The van der Waals surface area contributed by atoms with E-state index in [0.717, 1.165) is 42.5 Å². The zero-order chi connectivity index (χ0) is 20.2. The minimum absolute atomic E-state index is 0.523. The molecule has 0 saturated carbocycles. The van der Waals surface area contributed by atoms with E-state index >= 15 is 0 Å². The molecule has 1 fully saturated rings. The maximum absolute atomic E-state index is 13.1. The highest BCUT2D eigenvalue weighted by molar-refractivity contribution is 6.35. The number of methoxy groups -OCH3 is 1. The quantitative estimate of drug-likeness (QED) is 0.363. The van der Waals surface area contributed by atoms with Crippen molar-refractivity contribution in [3.05, 3.63) is 40.2 Å². The maximum atomic E-state index is 13.1.